The molecule has 1 amide bonds. The molecule has 0 bridgehead atoms. The third kappa shape index (κ3) is 5.91. The van der Waals surface area contributed by atoms with Gasteiger partial charge in [0.05, 0.1) is 6.21 Å². The maximum Gasteiger partial charge on any atom is 0.277 e. The van der Waals surface area contributed by atoms with Crippen LogP contribution in [-0.2, 0) is 4.79 Å². The van der Waals surface area contributed by atoms with Crippen molar-refractivity contribution in [3.8, 4) is 5.75 Å². The summed E-state index contributed by atoms with van der Waals surface area (Å²) in [7, 11) is 0. The molecule has 0 heterocycles. The van der Waals surface area contributed by atoms with Crippen LogP contribution in [0.1, 0.15) is 19.4 Å². The fourth-order valence-electron chi connectivity index (χ4n) is 2.25. The number of amides is 1. The molecule has 1 N–H and O–H groups in total. The Morgan fingerprint density at radius 2 is 1.76 bits per heavy atom. The number of anilines is 1. The second kappa shape index (κ2) is 9.42. The van der Waals surface area contributed by atoms with Gasteiger partial charge in [0.1, 0.15) is 11.6 Å². The van der Waals surface area contributed by atoms with Crippen LogP contribution in [0, 0.1) is 5.82 Å². The molecule has 0 aliphatic carbocycles. The molecule has 2 rings (SSSR count). The zero-order chi connectivity index (χ0) is 18.1. The first kappa shape index (κ1) is 18.4. The fraction of sp³-hybridized carbons (Fsp3) is 0.263. The first-order chi connectivity index (χ1) is 12.1. The maximum absolute atomic E-state index is 12.8. The van der Waals surface area contributed by atoms with Gasteiger partial charge in [0, 0.05) is 18.8 Å². The summed E-state index contributed by atoms with van der Waals surface area (Å²) in [5.74, 6) is -0.318. The first-order valence-corrected chi connectivity index (χ1v) is 8.17. The zero-order valence-electron chi connectivity index (χ0n) is 14.4. The lowest BCUT2D eigenvalue weighted by Gasteiger charge is -2.20. The molecule has 0 saturated carbocycles. The summed E-state index contributed by atoms with van der Waals surface area (Å²) in [6.07, 6.45) is 1.57. The Morgan fingerprint density at radius 3 is 2.36 bits per heavy atom. The predicted octanol–water partition coefficient (Wildman–Crippen LogP) is 3.20. The van der Waals surface area contributed by atoms with E-state index in [0.29, 0.717) is 5.75 Å². The first-order valence-electron chi connectivity index (χ1n) is 8.17. The van der Waals surface area contributed by atoms with Crippen LogP contribution in [0.3, 0.4) is 0 Å². The van der Waals surface area contributed by atoms with E-state index in [2.05, 4.69) is 29.3 Å². The highest BCUT2D eigenvalue weighted by molar-refractivity contribution is 5.83. The van der Waals surface area contributed by atoms with Gasteiger partial charge < -0.3 is 9.64 Å². The van der Waals surface area contributed by atoms with Crippen LogP contribution in [-0.4, -0.2) is 31.8 Å². The molecule has 0 aromatic heterocycles. The SMILES string of the molecule is CCN(CC)c1ccc(/C=N\NC(=O)COc2ccc(F)cc2)cc1. The molecule has 2 aromatic carbocycles. The summed E-state index contributed by atoms with van der Waals surface area (Å²) in [5.41, 5.74) is 4.43. The van der Waals surface area contributed by atoms with E-state index >= 15 is 0 Å². The third-order valence-corrected chi connectivity index (χ3v) is 3.61. The molecule has 0 fully saturated rings. The van der Waals surface area contributed by atoms with Crippen molar-refractivity contribution in [2.24, 2.45) is 5.10 Å². The van der Waals surface area contributed by atoms with Crippen LogP contribution in [0.15, 0.2) is 53.6 Å². The van der Waals surface area contributed by atoms with Gasteiger partial charge in [0.25, 0.3) is 5.91 Å². The third-order valence-electron chi connectivity index (χ3n) is 3.61. The molecule has 0 spiro atoms. The number of carbonyl (C=O) groups excluding carboxylic acids is 1. The number of ether oxygens (including phenoxy) is 1. The Morgan fingerprint density at radius 1 is 1.12 bits per heavy atom. The van der Waals surface area contributed by atoms with Gasteiger partial charge >= 0.3 is 0 Å². The molecular weight excluding hydrogens is 321 g/mol. The highest BCUT2D eigenvalue weighted by atomic mass is 19.1. The number of hydrogen-bond acceptors (Lipinski definition) is 4. The van der Waals surface area contributed by atoms with Crippen molar-refractivity contribution >= 4 is 17.8 Å². The number of nitrogens with one attached hydrogen (secondary N) is 1. The predicted molar refractivity (Wildman–Crippen MR) is 97.6 cm³/mol. The number of halogens is 1. The van der Waals surface area contributed by atoms with Gasteiger partial charge in [-0.25, -0.2) is 9.82 Å². The fourth-order valence-corrected chi connectivity index (χ4v) is 2.25. The number of nitrogens with zero attached hydrogens (tertiary/aromatic N) is 2. The largest absolute Gasteiger partial charge is 0.484 e. The lowest BCUT2D eigenvalue weighted by Crippen LogP contribution is -2.24. The normalized spacial score (nSPS) is 10.7. The van der Waals surface area contributed by atoms with Gasteiger partial charge in [-0.2, -0.15) is 5.10 Å². The van der Waals surface area contributed by atoms with Crippen molar-refractivity contribution in [2.45, 2.75) is 13.8 Å². The van der Waals surface area contributed by atoms with E-state index in [1.165, 1.54) is 24.3 Å². The van der Waals surface area contributed by atoms with Crippen LogP contribution in [0.5, 0.6) is 5.75 Å². The minimum absolute atomic E-state index is 0.191. The molecule has 0 saturated heterocycles. The molecule has 132 valence electrons. The van der Waals surface area contributed by atoms with E-state index in [9.17, 15) is 9.18 Å². The summed E-state index contributed by atoms with van der Waals surface area (Å²) in [6.45, 7) is 5.94. The number of benzene rings is 2. The standard InChI is InChI=1S/C19H22FN3O2/c1-3-23(4-2)17-9-5-15(6-10-17)13-21-22-19(24)14-25-18-11-7-16(20)8-12-18/h5-13H,3-4,14H2,1-2H3,(H,22,24)/b21-13-. The molecule has 0 aliphatic heterocycles. The second-order valence-electron chi connectivity index (χ2n) is 5.30. The lowest BCUT2D eigenvalue weighted by molar-refractivity contribution is -0.123. The van der Waals surface area contributed by atoms with Crippen molar-refractivity contribution in [2.75, 3.05) is 24.6 Å². The van der Waals surface area contributed by atoms with Crippen LogP contribution < -0.4 is 15.1 Å². The van der Waals surface area contributed by atoms with Gasteiger partial charge in [-0.15, -0.1) is 0 Å². The van der Waals surface area contributed by atoms with Gasteiger partial charge in [-0.3, -0.25) is 4.79 Å². The van der Waals surface area contributed by atoms with Gasteiger partial charge in [0.15, 0.2) is 6.61 Å². The lowest BCUT2D eigenvalue weighted by atomic mass is 10.2. The summed E-state index contributed by atoms with van der Waals surface area (Å²) in [6, 6.07) is 13.4. The minimum atomic E-state index is -0.389. The summed E-state index contributed by atoms with van der Waals surface area (Å²) in [5, 5.41) is 3.90. The van der Waals surface area contributed by atoms with E-state index in [1.807, 2.05) is 24.3 Å². The highest BCUT2D eigenvalue weighted by Gasteiger charge is 2.02. The average molecular weight is 343 g/mol. The quantitative estimate of drug-likeness (QED) is 0.591. The zero-order valence-corrected chi connectivity index (χ0v) is 14.4. The van der Waals surface area contributed by atoms with E-state index in [1.54, 1.807) is 6.21 Å². The van der Waals surface area contributed by atoms with Gasteiger partial charge in [-0.1, -0.05) is 12.1 Å². The van der Waals surface area contributed by atoms with Crippen LogP contribution >= 0.6 is 0 Å². The van der Waals surface area contributed by atoms with Crippen molar-refractivity contribution in [3.05, 3.63) is 59.9 Å². The number of hydrazone groups is 1. The van der Waals surface area contributed by atoms with Crippen molar-refractivity contribution in [3.63, 3.8) is 0 Å². The van der Waals surface area contributed by atoms with E-state index in [0.717, 1.165) is 24.3 Å². The van der Waals surface area contributed by atoms with E-state index in [4.69, 9.17) is 4.74 Å². The average Bonchev–Trinajstić information content (AvgIpc) is 2.63. The Kier molecular flexibility index (Phi) is 6.95. The Bertz CT molecular complexity index is 696. The summed E-state index contributed by atoms with van der Waals surface area (Å²) < 4.78 is 18.0. The summed E-state index contributed by atoms with van der Waals surface area (Å²) >= 11 is 0. The molecule has 0 unspecified atom stereocenters. The number of hydrogen-bond donors (Lipinski definition) is 1. The van der Waals surface area contributed by atoms with Crippen LogP contribution in [0.2, 0.25) is 0 Å². The monoisotopic (exact) mass is 343 g/mol. The molecule has 0 aliphatic rings. The molecule has 0 atom stereocenters. The number of carbonyl (C=O) groups is 1. The highest BCUT2D eigenvalue weighted by Crippen LogP contribution is 2.14. The molecule has 25 heavy (non-hydrogen) atoms. The van der Waals surface area contributed by atoms with Crippen LogP contribution in [0.25, 0.3) is 0 Å². The Balaban J connectivity index is 1.79. The van der Waals surface area contributed by atoms with Crippen molar-refractivity contribution < 1.29 is 13.9 Å². The smallest absolute Gasteiger partial charge is 0.277 e. The van der Waals surface area contributed by atoms with Crippen molar-refractivity contribution in [1.82, 2.24) is 5.43 Å². The molecule has 5 nitrogen and oxygen atoms in total. The van der Waals surface area contributed by atoms with E-state index < -0.39 is 0 Å². The topological polar surface area (TPSA) is 53.9 Å². The Hall–Kier alpha value is -2.89. The minimum Gasteiger partial charge on any atom is -0.484 e. The number of rotatable bonds is 8. The van der Waals surface area contributed by atoms with Crippen LogP contribution in [0.4, 0.5) is 10.1 Å². The maximum atomic E-state index is 12.8. The van der Waals surface area contributed by atoms with Gasteiger partial charge in [-0.05, 0) is 55.8 Å². The second-order valence-corrected chi connectivity index (χ2v) is 5.30. The van der Waals surface area contributed by atoms with Crippen molar-refractivity contribution in [1.29, 1.82) is 0 Å². The molecule has 2 aromatic rings. The molecule has 0 radical (unpaired) electrons. The van der Waals surface area contributed by atoms with E-state index in [-0.39, 0.29) is 18.3 Å². The molecular formula is C19H22FN3O2. The summed E-state index contributed by atoms with van der Waals surface area (Å²) in [4.78, 5) is 13.9. The Labute approximate surface area is 147 Å². The molecule has 6 heteroatoms. The van der Waals surface area contributed by atoms with Gasteiger partial charge in [0.2, 0.25) is 0 Å².